The molecule has 0 aromatic carbocycles. The maximum absolute atomic E-state index is 12.2. The van der Waals surface area contributed by atoms with Crippen LogP contribution in [0, 0.1) is 0 Å². The van der Waals surface area contributed by atoms with Crippen molar-refractivity contribution in [2.75, 3.05) is 20.1 Å². The molecule has 2 amide bonds. The van der Waals surface area contributed by atoms with E-state index in [1.807, 2.05) is 0 Å². The van der Waals surface area contributed by atoms with Crippen LogP contribution in [0.15, 0.2) is 25.3 Å². The first-order valence-corrected chi connectivity index (χ1v) is 6.89. The van der Waals surface area contributed by atoms with Gasteiger partial charge in [-0.05, 0) is 12.8 Å². The number of hydrogen-bond acceptors (Lipinski definition) is 2. The summed E-state index contributed by atoms with van der Waals surface area (Å²) < 4.78 is 0. The van der Waals surface area contributed by atoms with Crippen molar-refractivity contribution in [3.63, 3.8) is 0 Å². The number of rotatable bonds is 5. The fourth-order valence-corrected chi connectivity index (χ4v) is 2.47. The van der Waals surface area contributed by atoms with Crippen LogP contribution in [-0.4, -0.2) is 47.8 Å². The minimum atomic E-state index is -0.465. The predicted octanol–water partition coefficient (Wildman–Crippen LogP) is 1.98. The van der Waals surface area contributed by atoms with Crippen molar-refractivity contribution in [2.45, 2.75) is 38.1 Å². The van der Waals surface area contributed by atoms with E-state index < -0.39 is 11.8 Å². The fourth-order valence-electron chi connectivity index (χ4n) is 2.47. The van der Waals surface area contributed by atoms with E-state index in [2.05, 4.69) is 13.2 Å². The average molecular weight is 264 g/mol. The highest BCUT2D eigenvalue weighted by Crippen LogP contribution is 2.21. The van der Waals surface area contributed by atoms with Gasteiger partial charge in [0.25, 0.3) is 0 Å². The number of hydrogen-bond donors (Lipinski definition) is 0. The minimum absolute atomic E-state index is 0.208. The molecule has 19 heavy (non-hydrogen) atoms. The third-order valence-electron chi connectivity index (χ3n) is 3.61. The molecule has 1 aliphatic carbocycles. The highest BCUT2D eigenvalue weighted by Gasteiger charge is 2.29. The van der Waals surface area contributed by atoms with Crippen molar-refractivity contribution in [3.8, 4) is 0 Å². The van der Waals surface area contributed by atoms with E-state index in [1.165, 1.54) is 11.3 Å². The van der Waals surface area contributed by atoms with Crippen LogP contribution < -0.4 is 0 Å². The minimum Gasteiger partial charge on any atom is -0.335 e. The summed E-state index contributed by atoms with van der Waals surface area (Å²) in [6.45, 7) is 7.95. The zero-order chi connectivity index (χ0) is 14.3. The van der Waals surface area contributed by atoms with Crippen LogP contribution in [0.3, 0.4) is 0 Å². The molecule has 0 radical (unpaired) electrons. The number of amides is 2. The van der Waals surface area contributed by atoms with E-state index in [9.17, 15) is 9.59 Å². The summed E-state index contributed by atoms with van der Waals surface area (Å²) in [6, 6.07) is 0.208. The molecule has 4 nitrogen and oxygen atoms in total. The van der Waals surface area contributed by atoms with Crippen molar-refractivity contribution in [1.29, 1.82) is 0 Å². The first kappa shape index (κ1) is 15.5. The Bertz CT molecular complexity index is 336. The molecule has 1 aliphatic rings. The Balaban J connectivity index is 2.64. The molecule has 0 N–H and O–H groups in total. The molecule has 106 valence electrons. The van der Waals surface area contributed by atoms with Gasteiger partial charge in [0.1, 0.15) is 0 Å². The molecule has 0 bridgehead atoms. The predicted molar refractivity (Wildman–Crippen MR) is 76.6 cm³/mol. The normalized spacial score (nSPS) is 15.6. The second-order valence-electron chi connectivity index (χ2n) is 5.00. The van der Waals surface area contributed by atoms with Crippen LogP contribution in [-0.2, 0) is 9.59 Å². The van der Waals surface area contributed by atoms with Gasteiger partial charge < -0.3 is 9.80 Å². The number of carbonyl (C=O) groups excluding carboxylic acids is 2. The Morgan fingerprint density at radius 3 is 2.05 bits per heavy atom. The summed E-state index contributed by atoms with van der Waals surface area (Å²) in [6.07, 6.45) is 8.74. The Labute approximate surface area is 115 Å². The summed E-state index contributed by atoms with van der Waals surface area (Å²) in [5.74, 6) is -0.886. The first-order chi connectivity index (χ1) is 9.11. The third kappa shape index (κ3) is 4.23. The lowest BCUT2D eigenvalue weighted by Gasteiger charge is -2.32. The maximum Gasteiger partial charge on any atom is 0.312 e. The van der Waals surface area contributed by atoms with Crippen LogP contribution in [0.4, 0.5) is 0 Å². The lowest BCUT2D eigenvalue weighted by atomic mass is 9.94. The average Bonchev–Trinajstić information content (AvgIpc) is 2.45. The van der Waals surface area contributed by atoms with Crippen molar-refractivity contribution in [1.82, 2.24) is 9.80 Å². The lowest BCUT2D eigenvalue weighted by molar-refractivity contribution is -0.152. The zero-order valence-electron chi connectivity index (χ0n) is 11.8. The van der Waals surface area contributed by atoms with Gasteiger partial charge in [-0.2, -0.15) is 0 Å². The van der Waals surface area contributed by atoms with Crippen molar-refractivity contribution < 1.29 is 9.59 Å². The molecule has 0 aromatic heterocycles. The molecular weight excluding hydrogens is 240 g/mol. The molecule has 0 heterocycles. The van der Waals surface area contributed by atoms with Gasteiger partial charge in [-0.3, -0.25) is 9.59 Å². The van der Waals surface area contributed by atoms with Gasteiger partial charge in [-0.25, -0.2) is 0 Å². The lowest BCUT2D eigenvalue weighted by Crippen LogP contribution is -2.48. The van der Waals surface area contributed by atoms with E-state index in [0.29, 0.717) is 13.1 Å². The Morgan fingerprint density at radius 2 is 1.58 bits per heavy atom. The summed E-state index contributed by atoms with van der Waals surface area (Å²) >= 11 is 0. The highest BCUT2D eigenvalue weighted by atomic mass is 16.2. The van der Waals surface area contributed by atoms with Gasteiger partial charge in [-0.15, -0.1) is 13.2 Å². The van der Waals surface area contributed by atoms with E-state index >= 15 is 0 Å². The van der Waals surface area contributed by atoms with Crippen molar-refractivity contribution in [2.24, 2.45) is 0 Å². The van der Waals surface area contributed by atoms with Crippen LogP contribution >= 0.6 is 0 Å². The van der Waals surface area contributed by atoms with E-state index in [-0.39, 0.29) is 6.04 Å². The monoisotopic (exact) mass is 264 g/mol. The van der Waals surface area contributed by atoms with E-state index in [0.717, 1.165) is 25.7 Å². The first-order valence-electron chi connectivity index (χ1n) is 6.89. The topological polar surface area (TPSA) is 40.6 Å². The second-order valence-corrected chi connectivity index (χ2v) is 5.00. The zero-order valence-corrected chi connectivity index (χ0v) is 11.8. The van der Waals surface area contributed by atoms with Crippen LogP contribution in [0.2, 0.25) is 0 Å². The molecule has 4 heteroatoms. The quantitative estimate of drug-likeness (QED) is 0.563. The van der Waals surface area contributed by atoms with E-state index in [4.69, 9.17) is 0 Å². The highest BCUT2D eigenvalue weighted by molar-refractivity contribution is 6.34. The van der Waals surface area contributed by atoms with Gasteiger partial charge in [0.15, 0.2) is 0 Å². The van der Waals surface area contributed by atoms with Crippen LogP contribution in [0.1, 0.15) is 32.1 Å². The number of likely N-dealkylation sites (N-methyl/N-ethyl adjacent to an activating group) is 1. The standard InChI is InChI=1S/C15H24N2O2/c1-4-11-17(12-5-2)15(19)14(18)16(3)13-9-7-6-8-10-13/h4-5,13H,1-2,6-12H2,3H3. The van der Waals surface area contributed by atoms with Gasteiger partial charge in [0, 0.05) is 26.2 Å². The molecule has 1 saturated carbocycles. The summed E-state index contributed by atoms with van der Waals surface area (Å²) in [5, 5.41) is 0. The molecule has 0 atom stereocenters. The Hall–Kier alpha value is -1.58. The molecule has 1 rings (SSSR count). The largest absolute Gasteiger partial charge is 0.335 e. The molecule has 0 unspecified atom stereocenters. The molecular formula is C15H24N2O2. The number of nitrogens with zero attached hydrogens (tertiary/aromatic N) is 2. The summed E-state index contributed by atoms with van der Waals surface area (Å²) in [5.41, 5.74) is 0. The summed E-state index contributed by atoms with van der Waals surface area (Å²) in [7, 11) is 1.73. The van der Waals surface area contributed by atoms with Gasteiger partial charge in [-0.1, -0.05) is 31.4 Å². The Morgan fingerprint density at radius 1 is 1.05 bits per heavy atom. The van der Waals surface area contributed by atoms with Gasteiger partial charge >= 0.3 is 11.8 Å². The third-order valence-corrected chi connectivity index (χ3v) is 3.61. The Kier molecular flexibility index (Phi) is 6.33. The fraction of sp³-hybridized carbons (Fsp3) is 0.600. The van der Waals surface area contributed by atoms with E-state index in [1.54, 1.807) is 24.1 Å². The molecule has 0 aromatic rings. The van der Waals surface area contributed by atoms with Crippen LogP contribution in [0.25, 0.3) is 0 Å². The van der Waals surface area contributed by atoms with Crippen molar-refractivity contribution in [3.05, 3.63) is 25.3 Å². The second kappa shape index (κ2) is 7.77. The number of carbonyl (C=O) groups is 2. The molecule has 0 spiro atoms. The SMILES string of the molecule is C=CCN(CC=C)C(=O)C(=O)N(C)C1CCCCC1. The smallest absolute Gasteiger partial charge is 0.312 e. The van der Waals surface area contributed by atoms with Gasteiger partial charge in [0.2, 0.25) is 0 Å². The molecule has 1 fully saturated rings. The van der Waals surface area contributed by atoms with Crippen LogP contribution in [0.5, 0.6) is 0 Å². The molecule has 0 saturated heterocycles. The maximum atomic E-state index is 12.2. The summed E-state index contributed by atoms with van der Waals surface area (Å²) in [4.78, 5) is 27.4. The molecule has 0 aliphatic heterocycles. The van der Waals surface area contributed by atoms with Gasteiger partial charge in [0.05, 0.1) is 0 Å². The van der Waals surface area contributed by atoms with Crippen molar-refractivity contribution >= 4 is 11.8 Å².